The van der Waals surface area contributed by atoms with E-state index in [1.54, 1.807) is 14.2 Å². The number of amides is 1. The summed E-state index contributed by atoms with van der Waals surface area (Å²) in [4.78, 5) is 18.0. The fraction of sp³-hybridized carbons (Fsp3) is 0.579. The first-order valence-electron chi connectivity index (χ1n) is 9.04. The lowest BCUT2D eigenvalue weighted by Crippen LogP contribution is -2.45. The van der Waals surface area contributed by atoms with Crippen molar-refractivity contribution in [1.29, 1.82) is 0 Å². The van der Waals surface area contributed by atoms with Crippen molar-refractivity contribution in [2.24, 2.45) is 4.99 Å². The molecule has 1 fully saturated rings. The number of aryl methyl sites for hydroxylation is 1. The van der Waals surface area contributed by atoms with Crippen molar-refractivity contribution in [3.63, 3.8) is 0 Å². The van der Waals surface area contributed by atoms with Crippen LogP contribution in [0.1, 0.15) is 31.7 Å². The van der Waals surface area contributed by atoms with Crippen molar-refractivity contribution < 1.29 is 9.53 Å². The van der Waals surface area contributed by atoms with Gasteiger partial charge >= 0.3 is 0 Å². The van der Waals surface area contributed by atoms with E-state index in [1.807, 2.05) is 24.0 Å². The molecule has 1 aliphatic heterocycles. The molecule has 0 saturated carbocycles. The van der Waals surface area contributed by atoms with Gasteiger partial charge in [0.15, 0.2) is 5.96 Å². The Kier molecular flexibility index (Phi) is 10.4. The summed E-state index contributed by atoms with van der Waals surface area (Å²) in [5, 5.41) is 6.77. The van der Waals surface area contributed by atoms with Gasteiger partial charge in [0, 0.05) is 39.1 Å². The zero-order valence-corrected chi connectivity index (χ0v) is 18.3. The molecule has 1 amide bonds. The van der Waals surface area contributed by atoms with Crippen molar-refractivity contribution in [3.8, 4) is 5.75 Å². The first-order chi connectivity index (χ1) is 12.2. The minimum absolute atomic E-state index is 0. The van der Waals surface area contributed by atoms with Gasteiger partial charge < -0.3 is 20.3 Å². The van der Waals surface area contributed by atoms with E-state index in [9.17, 15) is 4.79 Å². The van der Waals surface area contributed by atoms with Crippen LogP contribution >= 0.6 is 24.0 Å². The molecule has 1 unspecified atom stereocenters. The molecule has 26 heavy (non-hydrogen) atoms. The Balaban J connectivity index is 0.00000338. The van der Waals surface area contributed by atoms with Crippen molar-refractivity contribution in [2.75, 3.05) is 33.8 Å². The molecule has 1 atom stereocenters. The number of carbonyl (C=O) groups excluding carboxylic acids is 1. The lowest BCUT2D eigenvalue weighted by Gasteiger charge is -2.18. The van der Waals surface area contributed by atoms with E-state index < -0.39 is 0 Å². The molecule has 0 spiro atoms. The van der Waals surface area contributed by atoms with E-state index in [2.05, 4.69) is 27.8 Å². The summed E-state index contributed by atoms with van der Waals surface area (Å²) < 4.78 is 5.17. The normalized spacial score (nSPS) is 16.8. The summed E-state index contributed by atoms with van der Waals surface area (Å²) in [6, 6.07) is 8.47. The van der Waals surface area contributed by atoms with Gasteiger partial charge in [-0.25, -0.2) is 0 Å². The SMILES string of the molecule is CCC(=O)N1CCC(NC(=NC)NCCCc2ccc(OC)cc2)C1.I. The summed E-state index contributed by atoms with van der Waals surface area (Å²) in [7, 11) is 3.46. The summed E-state index contributed by atoms with van der Waals surface area (Å²) >= 11 is 0. The number of carbonyl (C=O) groups is 1. The van der Waals surface area contributed by atoms with Crippen LogP contribution in [0.2, 0.25) is 0 Å². The van der Waals surface area contributed by atoms with Crippen LogP contribution in [0.5, 0.6) is 5.75 Å². The molecule has 7 heteroatoms. The third-order valence-electron chi connectivity index (χ3n) is 4.50. The number of guanidine groups is 1. The van der Waals surface area contributed by atoms with Crippen LogP contribution in [0.25, 0.3) is 0 Å². The van der Waals surface area contributed by atoms with Crippen molar-refractivity contribution in [3.05, 3.63) is 29.8 Å². The first-order valence-corrected chi connectivity index (χ1v) is 9.04. The molecule has 0 aliphatic carbocycles. The Morgan fingerprint density at radius 1 is 1.35 bits per heavy atom. The zero-order valence-electron chi connectivity index (χ0n) is 16.0. The van der Waals surface area contributed by atoms with Gasteiger partial charge in [-0.1, -0.05) is 19.1 Å². The molecule has 2 rings (SSSR count). The molecule has 0 radical (unpaired) electrons. The van der Waals surface area contributed by atoms with Crippen LogP contribution < -0.4 is 15.4 Å². The quantitative estimate of drug-likeness (QED) is 0.276. The molecule has 2 N–H and O–H groups in total. The number of benzene rings is 1. The van der Waals surface area contributed by atoms with Crippen molar-refractivity contribution in [2.45, 2.75) is 38.6 Å². The molecule has 1 aliphatic rings. The highest BCUT2D eigenvalue weighted by Gasteiger charge is 2.25. The minimum Gasteiger partial charge on any atom is -0.497 e. The van der Waals surface area contributed by atoms with Gasteiger partial charge in [-0.2, -0.15) is 0 Å². The smallest absolute Gasteiger partial charge is 0.222 e. The minimum atomic E-state index is 0. The number of nitrogens with one attached hydrogen (secondary N) is 2. The summed E-state index contributed by atoms with van der Waals surface area (Å²) in [6.45, 7) is 4.36. The van der Waals surface area contributed by atoms with E-state index in [-0.39, 0.29) is 35.9 Å². The maximum atomic E-state index is 11.7. The van der Waals surface area contributed by atoms with Crippen LogP contribution in [0.15, 0.2) is 29.3 Å². The average Bonchev–Trinajstić information content (AvgIpc) is 3.12. The summed E-state index contributed by atoms with van der Waals surface area (Å²) in [5.41, 5.74) is 1.30. The molecule has 1 aromatic carbocycles. The maximum absolute atomic E-state index is 11.7. The molecule has 1 saturated heterocycles. The van der Waals surface area contributed by atoms with Gasteiger partial charge in [0.1, 0.15) is 5.75 Å². The monoisotopic (exact) mass is 474 g/mol. The van der Waals surface area contributed by atoms with Crippen LogP contribution in [-0.2, 0) is 11.2 Å². The number of ether oxygens (including phenoxy) is 1. The largest absolute Gasteiger partial charge is 0.497 e. The van der Waals surface area contributed by atoms with Gasteiger partial charge in [0.25, 0.3) is 0 Å². The van der Waals surface area contributed by atoms with E-state index in [0.29, 0.717) is 6.42 Å². The van der Waals surface area contributed by atoms with Crippen LogP contribution in [0, 0.1) is 0 Å². The fourth-order valence-electron chi connectivity index (χ4n) is 3.01. The second kappa shape index (κ2) is 12.0. The van der Waals surface area contributed by atoms with Crippen LogP contribution in [0.3, 0.4) is 0 Å². The Bertz CT molecular complexity index is 577. The highest BCUT2D eigenvalue weighted by molar-refractivity contribution is 14.0. The topological polar surface area (TPSA) is 66.0 Å². The van der Waals surface area contributed by atoms with Gasteiger partial charge in [0.2, 0.25) is 5.91 Å². The predicted octanol–water partition coefficient (Wildman–Crippen LogP) is 2.42. The number of hydrogen-bond donors (Lipinski definition) is 2. The molecule has 0 bridgehead atoms. The third kappa shape index (κ3) is 7.01. The van der Waals surface area contributed by atoms with E-state index in [1.165, 1.54) is 5.56 Å². The lowest BCUT2D eigenvalue weighted by atomic mass is 10.1. The number of methoxy groups -OCH3 is 1. The summed E-state index contributed by atoms with van der Waals surface area (Å²) in [6.07, 6.45) is 3.58. The van der Waals surface area contributed by atoms with Gasteiger partial charge in [-0.3, -0.25) is 9.79 Å². The Morgan fingerprint density at radius 3 is 2.69 bits per heavy atom. The van der Waals surface area contributed by atoms with E-state index >= 15 is 0 Å². The van der Waals surface area contributed by atoms with Gasteiger partial charge in [0.05, 0.1) is 7.11 Å². The van der Waals surface area contributed by atoms with E-state index in [4.69, 9.17) is 4.74 Å². The highest BCUT2D eigenvalue weighted by Crippen LogP contribution is 2.12. The lowest BCUT2D eigenvalue weighted by molar-refractivity contribution is -0.129. The van der Waals surface area contributed by atoms with Gasteiger partial charge in [-0.05, 0) is 37.0 Å². The number of halogens is 1. The summed E-state index contributed by atoms with van der Waals surface area (Å²) in [5.74, 6) is 1.93. The maximum Gasteiger partial charge on any atom is 0.222 e. The Morgan fingerprint density at radius 2 is 2.08 bits per heavy atom. The molecule has 1 aromatic rings. The molecule has 6 nitrogen and oxygen atoms in total. The van der Waals surface area contributed by atoms with Crippen molar-refractivity contribution >= 4 is 35.8 Å². The number of aliphatic imine (C=N–C) groups is 1. The highest BCUT2D eigenvalue weighted by atomic mass is 127. The van der Waals surface area contributed by atoms with Crippen LogP contribution in [-0.4, -0.2) is 56.6 Å². The third-order valence-corrected chi connectivity index (χ3v) is 4.50. The van der Waals surface area contributed by atoms with Crippen molar-refractivity contribution in [1.82, 2.24) is 15.5 Å². The molecule has 146 valence electrons. The van der Waals surface area contributed by atoms with E-state index in [0.717, 1.165) is 50.6 Å². The zero-order chi connectivity index (χ0) is 18.1. The standard InChI is InChI=1S/C19H30N4O2.HI/c1-4-18(24)23-13-11-16(14-23)22-19(20-2)21-12-5-6-15-7-9-17(25-3)10-8-15;/h7-10,16H,4-6,11-14H2,1-3H3,(H2,20,21,22);1H. The van der Waals surface area contributed by atoms with Crippen LogP contribution in [0.4, 0.5) is 0 Å². The van der Waals surface area contributed by atoms with Gasteiger partial charge in [-0.15, -0.1) is 24.0 Å². The molecule has 0 aromatic heterocycles. The molecule has 1 heterocycles. The second-order valence-electron chi connectivity index (χ2n) is 6.27. The number of rotatable bonds is 7. The molecular formula is C19H31IN4O2. The first kappa shape index (κ1) is 22.5. The Hall–Kier alpha value is -1.51. The Labute approximate surface area is 173 Å². The number of hydrogen-bond acceptors (Lipinski definition) is 3. The number of nitrogens with zero attached hydrogens (tertiary/aromatic N) is 2. The molecular weight excluding hydrogens is 443 g/mol. The predicted molar refractivity (Wildman–Crippen MR) is 117 cm³/mol. The second-order valence-corrected chi connectivity index (χ2v) is 6.27. The average molecular weight is 474 g/mol. The number of likely N-dealkylation sites (tertiary alicyclic amines) is 1. The fourth-order valence-corrected chi connectivity index (χ4v) is 3.01.